The predicted octanol–water partition coefficient (Wildman–Crippen LogP) is -1.76. The molecule has 0 bridgehead atoms. The lowest BCUT2D eigenvalue weighted by molar-refractivity contribution is -0.0498. The molecule has 1 aliphatic rings. The minimum absolute atomic E-state index is 0.254. The highest BCUT2D eigenvalue weighted by Crippen LogP contribution is 2.31. The molecule has 0 aliphatic carbocycles. The minimum Gasteiger partial charge on any atom is -0.474 e. The number of alkyl halides is 1. The van der Waals surface area contributed by atoms with Crippen LogP contribution >= 0.6 is 0 Å². The zero-order valence-electron chi connectivity index (χ0n) is 12.5. The van der Waals surface area contributed by atoms with Crippen LogP contribution in [0.1, 0.15) is 6.23 Å². The van der Waals surface area contributed by atoms with Crippen molar-refractivity contribution >= 4 is 0 Å². The Kier molecular flexibility index (Phi) is 5.42. The third-order valence-electron chi connectivity index (χ3n) is 3.47. The number of terminal acetylenes is 2. The standard InChI is InChI=1S/C15H15FN2O6/c1-3-5-17-13(21)9(23-6-4-2)7-18(15(17)22)14-11(16)12(20)10(8-19)24-14/h1-2,7,10-12,14,19-20H,5-6,8H2. The molecule has 0 radical (unpaired) electrons. The van der Waals surface area contributed by atoms with E-state index in [1.54, 1.807) is 0 Å². The molecule has 1 fully saturated rings. The first-order valence-electron chi connectivity index (χ1n) is 6.90. The fourth-order valence-electron chi connectivity index (χ4n) is 2.31. The number of aliphatic hydroxyl groups is 2. The van der Waals surface area contributed by atoms with E-state index in [0.29, 0.717) is 4.57 Å². The summed E-state index contributed by atoms with van der Waals surface area (Å²) in [7, 11) is 0. The van der Waals surface area contributed by atoms with E-state index in [0.717, 1.165) is 10.8 Å². The quantitative estimate of drug-likeness (QED) is 0.617. The zero-order chi connectivity index (χ0) is 17.9. The van der Waals surface area contributed by atoms with Crippen LogP contribution in [-0.4, -0.2) is 50.9 Å². The van der Waals surface area contributed by atoms with Gasteiger partial charge in [0.05, 0.1) is 19.3 Å². The maximum absolute atomic E-state index is 14.2. The smallest absolute Gasteiger partial charge is 0.334 e. The highest BCUT2D eigenvalue weighted by atomic mass is 19.1. The van der Waals surface area contributed by atoms with E-state index < -0.39 is 42.5 Å². The number of nitrogens with zero attached hydrogens (tertiary/aromatic N) is 2. The second kappa shape index (κ2) is 7.32. The molecule has 2 N–H and O–H groups in total. The summed E-state index contributed by atoms with van der Waals surface area (Å²) >= 11 is 0. The number of hydrogen-bond acceptors (Lipinski definition) is 6. The number of aromatic nitrogens is 2. The van der Waals surface area contributed by atoms with Crippen molar-refractivity contribution in [3.8, 4) is 30.4 Å². The maximum atomic E-state index is 14.2. The summed E-state index contributed by atoms with van der Waals surface area (Å²) in [6.45, 7) is -1.27. The molecule has 1 aromatic rings. The van der Waals surface area contributed by atoms with Gasteiger partial charge in [-0.25, -0.2) is 13.8 Å². The van der Waals surface area contributed by atoms with E-state index in [1.807, 2.05) is 0 Å². The lowest BCUT2D eigenvalue weighted by atomic mass is 10.1. The van der Waals surface area contributed by atoms with Gasteiger partial charge in [0.15, 0.2) is 12.4 Å². The van der Waals surface area contributed by atoms with Crippen LogP contribution in [0.15, 0.2) is 15.8 Å². The van der Waals surface area contributed by atoms with E-state index in [9.17, 15) is 19.1 Å². The van der Waals surface area contributed by atoms with E-state index in [4.69, 9.17) is 27.4 Å². The van der Waals surface area contributed by atoms with Crippen molar-refractivity contribution in [2.45, 2.75) is 31.2 Å². The molecular formula is C15H15FN2O6. The first-order valence-corrected chi connectivity index (χ1v) is 6.90. The van der Waals surface area contributed by atoms with Gasteiger partial charge in [-0.1, -0.05) is 11.8 Å². The van der Waals surface area contributed by atoms with Gasteiger partial charge in [0.2, 0.25) is 5.75 Å². The Bertz CT molecular complexity index is 802. The molecule has 128 valence electrons. The fourth-order valence-corrected chi connectivity index (χ4v) is 2.31. The number of aliphatic hydroxyl groups excluding tert-OH is 2. The van der Waals surface area contributed by atoms with Gasteiger partial charge in [-0.2, -0.15) is 0 Å². The number of halogens is 1. The third-order valence-corrected chi connectivity index (χ3v) is 3.47. The Balaban J connectivity index is 2.56. The van der Waals surface area contributed by atoms with Gasteiger partial charge >= 0.3 is 5.69 Å². The fraction of sp³-hybridized carbons (Fsp3) is 0.467. The molecule has 2 heterocycles. The Hall–Kier alpha value is -2.59. The van der Waals surface area contributed by atoms with Crippen molar-refractivity contribution in [3.05, 3.63) is 27.0 Å². The molecule has 24 heavy (non-hydrogen) atoms. The Morgan fingerprint density at radius 3 is 2.62 bits per heavy atom. The van der Waals surface area contributed by atoms with Crippen LogP contribution in [0, 0.1) is 24.7 Å². The SMILES string of the molecule is C#CCOc1cn(C2OC(CO)C(O)C2F)c(=O)n(CC#C)c1=O. The molecule has 0 aromatic carbocycles. The van der Waals surface area contributed by atoms with Crippen LogP contribution in [0.4, 0.5) is 4.39 Å². The van der Waals surface area contributed by atoms with E-state index in [2.05, 4.69) is 11.8 Å². The maximum Gasteiger partial charge on any atom is 0.334 e. The van der Waals surface area contributed by atoms with Gasteiger partial charge in [0.25, 0.3) is 5.56 Å². The number of rotatable bonds is 5. The molecule has 8 nitrogen and oxygen atoms in total. The Morgan fingerprint density at radius 1 is 1.38 bits per heavy atom. The average molecular weight is 338 g/mol. The molecule has 1 saturated heterocycles. The first-order chi connectivity index (χ1) is 11.5. The number of hydrogen-bond donors (Lipinski definition) is 2. The lowest BCUT2D eigenvalue weighted by Gasteiger charge is -2.18. The molecule has 0 amide bonds. The summed E-state index contributed by atoms with van der Waals surface area (Å²) < 4.78 is 25.9. The van der Waals surface area contributed by atoms with Crippen molar-refractivity contribution in [2.75, 3.05) is 13.2 Å². The molecule has 2 rings (SSSR count). The van der Waals surface area contributed by atoms with Crippen LogP contribution in [0.5, 0.6) is 5.75 Å². The van der Waals surface area contributed by atoms with Gasteiger partial charge in [0, 0.05) is 0 Å². The number of ether oxygens (including phenoxy) is 2. The van der Waals surface area contributed by atoms with Gasteiger partial charge in [-0.15, -0.1) is 12.8 Å². The third kappa shape index (κ3) is 3.05. The van der Waals surface area contributed by atoms with E-state index in [1.165, 1.54) is 0 Å². The molecule has 9 heteroatoms. The van der Waals surface area contributed by atoms with Crippen LogP contribution in [0.25, 0.3) is 0 Å². The summed E-state index contributed by atoms with van der Waals surface area (Å²) in [4.78, 5) is 24.5. The van der Waals surface area contributed by atoms with Crippen molar-refractivity contribution in [3.63, 3.8) is 0 Å². The minimum atomic E-state index is -2.00. The van der Waals surface area contributed by atoms with E-state index >= 15 is 0 Å². The topological polar surface area (TPSA) is 103 Å². The Morgan fingerprint density at radius 2 is 2.08 bits per heavy atom. The van der Waals surface area contributed by atoms with Crippen LogP contribution in [-0.2, 0) is 11.3 Å². The van der Waals surface area contributed by atoms with Gasteiger partial charge < -0.3 is 19.7 Å². The van der Waals surface area contributed by atoms with Gasteiger partial charge in [-0.3, -0.25) is 9.36 Å². The molecule has 0 spiro atoms. The first kappa shape index (κ1) is 17.8. The summed E-state index contributed by atoms with van der Waals surface area (Å²) in [5.74, 6) is 3.97. The van der Waals surface area contributed by atoms with Crippen molar-refractivity contribution in [1.82, 2.24) is 9.13 Å². The molecule has 1 aliphatic heterocycles. The molecule has 4 unspecified atom stereocenters. The lowest BCUT2D eigenvalue weighted by Crippen LogP contribution is -2.43. The van der Waals surface area contributed by atoms with Crippen LogP contribution in [0.3, 0.4) is 0 Å². The zero-order valence-corrected chi connectivity index (χ0v) is 12.5. The van der Waals surface area contributed by atoms with Crippen molar-refractivity contribution < 1.29 is 24.1 Å². The molecule has 1 aromatic heterocycles. The second-order valence-electron chi connectivity index (χ2n) is 4.95. The predicted molar refractivity (Wildman–Crippen MR) is 80.0 cm³/mol. The van der Waals surface area contributed by atoms with Crippen molar-refractivity contribution in [1.29, 1.82) is 0 Å². The normalized spacial score (nSPS) is 25.9. The highest BCUT2D eigenvalue weighted by Gasteiger charge is 2.45. The summed E-state index contributed by atoms with van der Waals surface area (Å²) in [5, 5.41) is 18.8. The monoisotopic (exact) mass is 338 g/mol. The average Bonchev–Trinajstić information content (AvgIpc) is 2.86. The molecular weight excluding hydrogens is 323 g/mol. The van der Waals surface area contributed by atoms with Crippen LogP contribution in [0.2, 0.25) is 0 Å². The molecule has 4 atom stereocenters. The highest BCUT2D eigenvalue weighted by molar-refractivity contribution is 5.16. The van der Waals surface area contributed by atoms with Gasteiger partial charge in [-0.05, 0) is 0 Å². The largest absolute Gasteiger partial charge is 0.474 e. The summed E-state index contributed by atoms with van der Waals surface area (Å²) in [5.41, 5.74) is -1.76. The van der Waals surface area contributed by atoms with Crippen LogP contribution < -0.4 is 16.0 Å². The Labute approximate surface area is 136 Å². The van der Waals surface area contributed by atoms with E-state index in [-0.39, 0.29) is 18.9 Å². The summed E-state index contributed by atoms with van der Waals surface area (Å²) in [6.07, 6.45) is 4.74. The summed E-state index contributed by atoms with van der Waals surface area (Å²) in [6, 6.07) is 0. The molecule has 0 saturated carbocycles. The second-order valence-corrected chi connectivity index (χ2v) is 4.95. The van der Waals surface area contributed by atoms with Crippen molar-refractivity contribution in [2.24, 2.45) is 0 Å². The van der Waals surface area contributed by atoms with Gasteiger partial charge in [0.1, 0.15) is 18.8 Å².